The predicted octanol–water partition coefficient (Wildman–Crippen LogP) is 5.87. The summed E-state index contributed by atoms with van der Waals surface area (Å²) in [5.74, 6) is 5.02. The number of nitrogens with zero attached hydrogens (tertiary/aromatic N) is 4. The number of amides is 1. The van der Waals surface area contributed by atoms with Crippen molar-refractivity contribution in [1.82, 2.24) is 14.9 Å². The third-order valence-corrected chi connectivity index (χ3v) is 12.5. The van der Waals surface area contributed by atoms with Crippen LogP contribution in [-0.4, -0.2) is 57.7 Å². The van der Waals surface area contributed by atoms with Crippen molar-refractivity contribution in [2.45, 2.75) is 104 Å². The quantitative estimate of drug-likeness (QED) is 0.479. The van der Waals surface area contributed by atoms with Crippen LogP contribution in [0.5, 0.6) is 0 Å². The zero-order valence-electron chi connectivity index (χ0n) is 24.7. The largest absolute Gasteiger partial charge is 0.393 e. The van der Waals surface area contributed by atoms with Gasteiger partial charge in [-0.05, 0) is 111 Å². The Balaban J connectivity index is 1.06. The van der Waals surface area contributed by atoms with Gasteiger partial charge in [0.05, 0.1) is 6.10 Å². The highest BCUT2D eigenvalue weighted by Crippen LogP contribution is 2.67. The highest BCUT2D eigenvalue weighted by atomic mass is 16.3. The predicted molar refractivity (Wildman–Crippen MR) is 155 cm³/mol. The summed E-state index contributed by atoms with van der Waals surface area (Å²) in [6, 6.07) is 2.16. The number of aliphatic hydroxyl groups excluding tert-OH is 1. The summed E-state index contributed by atoms with van der Waals surface area (Å²) in [4.78, 5) is 26.2. The Bertz CT molecular complexity index is 1080. The van der Waals surface area contributed by atoms with E-state index in [4.69, 9.17) is 0 Å². The zero-order chi connectivity index (χ0) is 27.4. The van der Waals surface area contributed by atoms with Gasteiger partial charge in [-0.2, -0.15) is 0 Å². The van der Waals surface area contributed by atoms with E-state index < -0.39 is 0 Å². The number of carbonyl (C=O) groups excluding carboxylic acids is 1. The van der Waals surface area contributed by atoms with Crippen LogP contribution in [0.1, 0.15) is 91.9 Å². The lowest BCUT2D eigenvalue weighted by Gasteiger charge is -2.58. The molecule has 1 saturated heterocycles. The van der Waals surface area contributed by atoms with E-state index in [1.807, 2.05) is 6.07 Å². The summed E-state index contributed by atoms with van der Waals surface area (Å²) >= 11 is 0. The van der Waals surface area contributed by atoms with Gasteiger partial charge < -0.3 is 14.9 Å². The van der Waals surface area contributed by atoms with Gasteiger partial charge >= 0.3 is 0 Å². The molecule has 1 N–H and O–H groups in total. The summed E-state index contributed by atoms with van der Waals surface area (Å²) in [5, 5.41) is 10.3. The van der Waals surface area contributed by atoms with Crippen molar-refractivity contribution in [2.24, 2.45) is 40.4 Å². The Kier molecular flexibility index (Phi) is 7.31. The molecule has 4 fully saturated rings. The maximum Gasteiger partial charge on any atom is 0.222 e. The molecule has 4 aliphatic carbocycles. The number of aromatic nitrogens is 2. The minimum atomic E-state index is -0.126. The van der Waals surface area contributed by atoms with Crippen LogP contribution in [0.4, 0.5) is 5.82 Å². The van der Waals surface area contributed by atoms with Gasteiger partial charge in [0.25, 0.3) is 0 Å². The van der Waals surface area contributed by atoms with E-state index in [2.05, 4.69) is 53.5 Å². The summed E-state index contributed by atoms with van der Waals surface area (Å²) < 4.78 is 0. The molecule has 214 valence electrons. The molecule has 6 rings (SSSR count). The first-order valence-electron chi connectivity index (χ1n) is 15.9. The molecule has 6 nitrogen and oxygen atoms in total. The average molecular weight is 535 g/mol. The monoisotopic (exact) mass is 534 g/mol. The van der Waals surface area contributed by atoms with Gasteiger partial charge in [-0.1, -0.05) is 32.4 Å². The highest BCUT2D eigenvalue weighted by Gasteiger charge is 2.59. The molecule has 5 aliphatic rings. The van der Waals surface area contributed by atoms with Gasteiger partial charge in [0, 0.05) is 38.3 Å². The first kappa shape index (κ1) is 27.2. The van der Waals surface area contributed by atoms with E-state index in [-0.39, 0.29) is 12.1 Å². The lowest BCUT2D eigenvalue weighted by Crippen LogP contribution is -2.54. The maximum atomic E-state index is 13.4. The van der Waals surface area contributed by atoms with E-state index in [1.54, 1.807) is 18.1 Å². The first-order valence-corrected chi connectivity index (χ1v) is 15.9. The van der Waals surface area contributed by atoms with Gasteiger partial charge in [0.2, 0.25) is 5.91 Å². The Morgan fingerprint density at radius 2 is 2.00 bits per heavy atom. The minimum absolute atomic E-state index is 0.126. The van der Waals surface area contributed by atoms with Crippen LogP contribution >= 0.6 is 0 Å². The lowest BCUT2D eigenvalue weighted by atomic mass is 9.47. The highest BCUT2D eigenvalue weighted by molar-refractivity contribution is 5.77. The maximum absolute atomic E-state index is 13.4. The van der Waals surface area contributed by atoms with Gasteiger partial charge in [-0.3, -0.25) is 4.79 Å². The molecule has 0 spiro atoms. The van der Waals surface area contributed by atoms with Gasteiger partial charge in [0.15, 0.2) is 0 Å². The van der Waals surface area contributed by atoms with E-state index in [1.165, 1.54) is 32.1 Å². The zero-order valence-corrected chi connectivity index (χ0v) is 24.7. The van der Waals surface area contributed by atoms with E-state index in [0.717, 1.165) is 74.8 Å². The van der Waals surface area contributed by atoms with Crippen LogP contribution in [0.25, 0.3) is 0 Å². The second-order valence-electron chi connectivity index (χ2n) is 14.4. The smallest absolute Gasteiger partial charge is 0.222 e. The van der Waals surface area contributed by atoms with Crippen LogP contribution in [0.3, 0.4) is 0 Å². The van der Waals surface area contributed by atoms with Crippen LogP contribution in [0.2, 0.25) is 0 Å². The minimum Gasteiger partial charge on any atom is -0.393 e. The van der Waals surface area contributed by atoms with Crippen LogP contribution in [0, 0.1) is 40.4 Å². The molecule has 0 radical (unpaired) electrons. The lowest BCUT2D eigenvalue weighted by molar-refractivity contribution is -0.134. The number of allylic oxidation sites excluding steroid dienone is 1. The molecule has 6 heteroatoms. The molecular weight excluding hydrogens is 484 g/mol. The SMILES string of the molecule is C[C@H](CCC(=O)N1CCN(c2ccncn2)C[C@@H]1C)[C@H]1CC[C@H]2[C@@H]3CC=C4C[C@@H](O)CC[C@]4(C)[C@H]3CC[C@]12C. The summed E-state index contributed by atoms with van der Waals surface area (Å²) in [5.41, 5.74) is 2.30. The third kappa shape index (κ3) is 4.73. The molecular formula is C33H50N4O2. The van der Waals surface area contributed by atoms with E-state index >= 15 is 0 Å². The first-order chi connectivity index (χ1) is 18.7. The molecule has 3 saturated carbocycles. The number of carbonyl (C=O) groups is 1. The number of rotatable bonds is 5. The van der Waals surface area contributed by atoms with Crippen molar-refractivity contribution in [1.29, 1.82) is 0 Å². The number of aliphatic hydroxyl groups is 1. The number of hydrogen-bond acceptors (Lipinski definition) is 5. The summed E-state index contributed by atoms with van der Waals surface area (Å²) in [6.07, 6.45) is 17.2. The normalized spacial score (nSPS) is 40.8. The average Bonchev–Trinajstić information content (AvgIpc) is 3.29. The molecule has 1 aromatic rings. The number of piperazine rings is 1. The molecule has 9 atom stereocenters. The molecule has 39 heavy (non-hydrogen) atoms. The van der Waals surface area contributed by atoms with Crippen molar-refractivity contribution in [3.05, 3.63) is 30.2 Å². The van der Waals surface area contributed by atoms with E-state index in [0.29, 0.717) is 29.1 Å². The standard InChI is InChI=1S/C33H50N4O2/c1-22(5-10-31(39)37-18-17-36(20-23(37)2)30-13-16-34-21-35-30)27-8-9-28-26-7-6-24-19-25(38)11-14-32(24,3)29(26)12-15-33(27,28)4/h6,13,16,21-23,25-29,38H,5,7-12,14-15,17-20H2,1-4H3/t22-,23+,25+,26+,27-,28+,29+,32+,33-/m1/s1. The van der Waals surface area contributed by atoms with E-state index in [9.17, 15) is 9.90 Å². The van der Waals surface area contributed by atoms with Crippen molar-refractivity contribution in [3.63, 3.8) is 0 Å². The third-order valence-electron chi connectivity index (χ3n) is 12.5. The van der Waals surface area contributed by atoms with Crippen LogP contribution < -0.4 is 4.90 Å². The Morgan fingerprint density at radius 3 is 2.77 bits per heavy atom. The fourth-order valence-corrected chi connectivity index (χ4v) is 10.3. The van der Waals surface area contributed by atoms with Gasteiger partial charge in [-0.15, -0.1) is 0 Å². The van der Waals surface area contributed by atoms with Gasteiger partial charge in [0.1, 0.15) is 12.1 Å². The van der Waals surface area contributed by atoms with Crippen LogP contribution in [0.15, 0.2) is 30.2 Å². The Labute approximate surface area is 235 Å². The van der Waals surface area contributed by atoms with Crippen molar-refractivity contribution >= 4 is 11.7 Å². The number of hydrogen-bond donors (Lipinski definition) is 1. The molecule has 1 aliphatic heterocycles. The second kappa shape index (κ2) is 10.5. The molecule has 1 amide bonds. The summed E-state index contributed by atoms with van der Waals surface area (Å²) in [7, 11) is 0. The second-order valence-corrected chi connectivity index (χ2v) is 14.4. The van der Waals surface area contributed by atoms with Crippen molar-refractivity contribution in [2.75, 3.05) is 24.5 Å². The number of anilines is 1. The fraction of sp³-hybridized carbons (Fsp3) is 0.788. The topological polar surface area (TPSA) is 69.6 Å². The Morgan fingerprint density at radius 1 is 1.15 bits per heavy atom. The molecule has 0 aromatic carbocycles. The van der Waals surface area contributed by atoms with Gasteiger partial charge in [-0.25, -0.2) is 9.97 Å². The van der Waals surface area contributed by atoms with Crippen molar-refractivity contribution < 1.29 is 9.90 Å². The molecule has 2 heterocycles. The number of fused-ring (bicyclic) bond motifs is 5. The molecule has 1 aromatic heterocycles. The molecule has 0 unspecified atom stereocenters. The summed E-state index contributed by atoms with van der Waals surface area (Å²) in [6.45, 7) is 12.2. The Hall–Kier alpha value is -1.95. The van der Waals surface area contributed by atoms with Crippen molar-refractivity contribution in [3.8, 4) is 0 Å². The fourth-order valence-electron chi connectivity index (χ4n) is 10.3. The van der Waals surface area contributed by atoms with Crippen LogP contribution in [-0.2, 0) is 4.79 Å². The molecule has 0 bridgehead atoms.